The third-order valence-corrected chi connectivity index (χ3v) is 7.38. The molecule has 8 rings (SSSR count). The van der Waals surface area contributed by atoms with E-state index in [9.17, 15) is 5.11 Å². The van der Waals surface area contributed by atoms with Crippen LogP contribution in [0.5, 0.6) is 5.75 Å². The summed E-state index contributed by atoms with van der Waals surface area (Å²) in [6.45, 7) is 0. The van der Waals surface area contributed by atoms with Gasteiger partial charge in [0.15, 0.2) is 17.5 Å². The molecular weight excluding hydrogens is 518 g/mol. The Morgan fingerprint density at radius 1 is 0.571 bits per heavy atom. The molecule has 5 heteroatoms. The van der Waals surface area contributed by atoms with Crippen LogP contribution in [0.2, 0.25) is 0 Å². The summed E-state index contributed by atoms with van der Waals surface area (Å²) in [5, 5.41) is 14.5. The Morgan fingerprint density at radius 3 is 2.17 bits per heavy atom. The number of phenols is 1. The molecule has 198 valence electrons. The Hall–Kier alpha value is -5.81. The highest BCUT2D eigenvalue weighted by molar-refractivity contribution is 6.15. The van der Waals surface area contributed by atoms with Crippen LogP contribution in [0.3, 0.4) is 0 Å². The Bertz CT molecular complexity index is 2470. The molecule has 0 saturated heterocycles. The van der Waals surface area contributed by atoms with Crippen molar-refractivity contribution in [1.29, 1.82) is 0 Å². The van der Waals surface area contributed by atoms with Crippen molar-refractivity contribution in [1.82, 2.24) is 15.0 Å². The zero-order valence-electron chi connectivity index (χ0n) is 26.1. The molecule has 0 aliphatic heterocycles. The molecule has 0 atom stereocenters. The molecule has 0 saturated carbocycles. The van der Waals surface area contributed by atoms with Crippen molar-refractivity contribution >= 4 is 32.7 Å². The third-order valence-electron chi connectivity index (χ3n) is 7.38. The van der Waals surface area contributed by atoms with Crippen molar-refractivity contribution in [2.75, 3.05) is 0 Å². The molecule has 6 aromatic carbocycles. The molecule has 0 amide bonds. The zero-order chi connectivity index (χ0) is 31.5. The first-order valence-electron chi connectivity index (χ1n) is 15.4. The minimum Gasteiger partial charge on any atom is -0.507 e. The van der Waals surface area contributed by atoms with E-state index in [1.54, 1.807) is 12.1 Å². The number of hydrogen-bond donors (Lipinski definition) is 1. The highest BCUT2D eigenvalue weighted by Crippen LogP contribution is 2.42. The van der Waals surface area contributed by atoms with Crippen LogP contribution in [0.4, 0.5) is 0 Å². The van der Waals surface area contributed by atoms with E-state index in [-0.39, 0.29) is 11.6 Å². The van der Waals surface area contributed by atoms with Gasteiger partial charge in [0.2, 0.25) is 0 Å². The summed E-state index contributed by atoms with van der Waals surface area (Å²) in [6.07, 6.45) is 0. The largest absolute Gasteiger partial charge is 0.507 e. The van der Waals surface area contributed by atoms with Gasteiger partial charge in [-0.15, -0.1) is 0 Å². The van der Waals surface area contributed by atoms with E-state index in [1.165, 1.54) is 0 Å². The number of aromatic nitrogens is 3. The predicted octanol–water partition coefficient (Wildman–Crippen LogP) is 9.30. The molecule has 0 unspecified atom stereocenters. The molecule has 0 bridgehead atoms. The molecule has 8 aromatic rings. The fraction of sp³-hybridized carbons (Fsp3) is 0. The third kappa shape index (κ3) is 3.99. The minimum atomic E-state index is -0.538. The molecule has 0 fully saturated rings. The Balaban J connectivity index is 1.39. The van der Waals surface area contributed by atoms with Crippen LogP contribution in [0.25, 0.3) is 78.0 Å². The lowest BCUT2D eigenvalue weighted by atomic mass is 10.00. The Labute approximate surface area is 247 Å². The van der Waals surface area contributed by atoms with Gasteiger partial charge in [-0.05, 0) is 28.9 Å². The van der Waals surface area contributed by atoms with Crippen LogP contribution in [0.1, 0.15) is 5.48 Å². The van der Waals surface area contributed by atoms with Gasteiger partial charge in [0.1, 0.15) is 16.9 Å². The van der Waals surface area contributed by atoms with Gasteiger partial charge in [0.25, 0.3) is 0 Å². The lowest BCUT2D eigenvalue weighted by Gasteiger charge is -2.10. The maximum atomic E-state index is 10.9. The van der Waals surface area contributed by atoms with Gasteiger partial charge in [-0.25, -0.2) is 15.0 Å². The number of rotatable bonds is 4. The van der Waals surface area contributed by atoms with Crippen LogP contribution in [0.15, 0.2) is 138 Å². The molecule has 0 spiro atoms. The first-order chi connectivity index (χ1) is 22.4. The molecule has 2 heterocycles. The second-order valence-electron chi connectivity index (χ2n) is 9.92. The van der Waals surface area contributed by atoms with E-state index in [0.717, 1.165) is 27.3 Å². The maximum Gasteiger partial charge on any atom is 0.164 e. The predicted molar refractivity (Wildman–Crippen MR) is 168 cm³/mol. The summed E-state index contributed by atoms with van der Waals surface area (Å²) in [4.78, 5) is 14.8. The van der Waals surface area contributed by atoms with Gasteiger partial charge in [-0.2, -0.15) is 0 Å². The zero-order valence-corrected chi connectivity index (χ0v) is 22.1. The number of nitrogens with zero attached hydrogens (tertiary/aromatic N) is 3. The summed E-state index contributed by atoms with van der Waals surface area (Å²) in [6, 6.07) is 33.1. The highest BCUT2D eigenvalue weighted by Gasteiger charge is 2.20. The van der Waals surface area contributed by atoms with Gasteiger partial charge in [-0.3, -0.25) is 0 Å². The monoisotopic (exact) mass is 545 g/mol. The van der Waals surface area contributed by atoms with Gasteiger partial charge < -0.3 is 9.52 Å². The standard InChI is InChI=1S/C37H23N3O2/c41-31-18-7-6-14-27(31)28-15-8-16-29-33-30(17-9-19-32(33)42-34(28)29)37-39-35(24-11-2-1-3-12-24)38-36(40-37)26-21-20-23-10-4-5-13-25(23)22-26/h1-22,41H/i6D,7D,14D,18D. The number of phenolic OH excluding ortho intramolecular Hbond substituents is 1. The number of hydrogen-bond acceptors (Lipinski definition) is 5. The minimum absolute atomic E-state index is 0.0256. The number of aromatic hydroxyl groups is 1. The average molecular weight is 546 g/mol. The van der Waals surface area contributed by atoms with E-state index < -0.39 is 23.9 Å². The van der Waals surface area contributed by atoms with Crippen LogP contribution in [0, 0.1) is 0 Å². The lowest BCUT2D eigenvalue weighted by Crippen LogP contribution is -2.00. The molecule has 1 N–H and O–H groups in total. The second kappa shape index (κ2) is 9.68. The molecule has 42 heavy (non-hydrogen) atoms. The maximum absolute atomic E-state index is 10.9. The van der Waals surface area contributed by atoms with Crippen LogP contribution >= 0.6 is 0 Å². The molecule has 5 nitrogen and oxygen atoms in total. The summed E-state index contributed by atoms with van der Waals surface area (Å²) < 4.78 is 39.2. The van der Waals surface area contributed by atoms with Gasteiger partial charge in [-0.1, -0.05) is 115 Å². The van der Waals surface area contributed by atoms with E-state index in [4.69, 9.17) is 24.9 Å². The van der Waals surface area contributed by atoms with Gasteiger partial charge in [0.05, 0.1) is 5.48 Å². The first-order valence-corrected chi connectivity index (χ1v) is 13.4. The van der Waals surface area contributed by atoms with Crippen LogP contribution < -0.4 is 0 Å². The van der Waals surface area contributed by atoms with Crippen LogP contribution in [-0.2, 0) is 0 Å². The SMILES string of the molecule is [2H]c1c([2H])c([2H])c(-c2cccc3c2oc2cccc(-c4nc(-c5ccccc5)nc(-c5ccc6ccccc6c5)n4)c23)c(O)c1[2H]. The van der Waals surface area contributed by atoms with Gasteiger partial charge in [0, 0.05) is 38.6 Å². The molecular formula is C37H23N3O2. The van der Waals surface area contributed by atoms with Crippen molar-refractivity contribution in [2.45, 2.75) is 0 Å². The van der Waals surface area contributed by atoms with Crippen molar-refractivity contribution in [3.8, 4) is 51.0 Å². The number of benzene rings is 6. The highest BCUT2D eigenvalue weighted by atomic mass is 16.3. The average Bonchev–Trinajstić information content (AvgIpc) is 3.50. The van der Waals surface area contributed by atoms with Crippen LogP contribution in [-0.4, -0.2) is 20.1 Å². The summed E-state index contributed by atoms with van der Waals surface area (Å²) in [5.74, 6) is 0.944. The van der Waals surface area contributed by atoms with E-state index in [0.29, 0.717) is 45.2 Å². The van der Waals surface area contributed by atoms with Crippen molar-refractivity contribution in [2.24, 2.45) is 0 Å². The molecule has 0 aliphatic rings. The lowest BCUT2D eigenvalue weighted by molar-refractivity contribution is 0.477. The first kappa shape index (κ1) is 20.1. The smallest absolute Gasteiger partial charge is 0.164 e. The van der Waals surface area contributed by atoms with Gasteiger partial charge >= 0.3 is 0 Å². The molecule has 0 aliphatic carbocycles. The number of para-hydroxylation sites is 2. The molecule has 0 radical (unpaired) electrons. The Morgan fingerprint density at radius 2 is 1.29 bits per heavy atom. The van der Waals surface area contributed by atoms with E-state index >= 15 is 0 Å². The summed E-state index contributed by atoms with van der Waals surface area (Å²) in [5.41, 5.74) is 3.62. The van der Waals surface area contributed by atoms with Crippen molar-refractivity contribution in [3.63, 3.8) is 0 Å². The fourth-order valence-electron chi connectivity index (χ4n) is 5.40. The van der Waals surface area contributed by atoms with E-state index in [2.05, 4.69) is 24.3 Å². The topological polar surface area (TPSA) is 72.0 Å². The molecule has 2 aromatic heterocycles. The van der Waals surface area contributed by atoms with E-state index in [1.807, 2.05) is 72.8 Å². The van der Waals surface area contributed by atoms with Crippen molar-refractivity contribution < 1.29 is 15.0 Å². The van der Waals surface area contributed by atoms with Crippen molar-refractivity contribution in [3.05, 3.63) is 133 Å². The Kier molecular flexibility index (Phi) is 4.64. The quantitative estimate of drug-likeness (QED) is 0.239. The summed E-state index contributed by atoms with van der Waals surface area (Å²) in [7, 11) is 0. The summed E-state index contributed by atoms with van der Waals surface area (Å²) >= 11 is 0. The number of furan rings is 1. The second-order valence-corrected chi connectivity index (χ2v) is 9.92. The number of fused-ring (bicyclic) bond motifs is 4. The fourth-order valence-corrected chi connectivity index (χ4v) is 5.40. The normalized spacial score (nSPS) is 12.8.